The fraction of sp³-hybridized carbons (Fsp3) is 0.538. The van der Waals surface area contributed by atoms with Gasteiger partial charge in [0, 0.05) is 23.1 Å². The van der Waals surface area contributed by atoms with Crippen LogP contribution in [0.4, 0.5) is 0 Å². The largest absolute Gasteiger partial charge is 0.329 e. The van der Waals surface area contributed by atoms with Gasteiger partial charge in [-0.25, -0.2) is 0 Å². The Morgan fingerprint density at radius 1 is 1.31 bits per heavy atom. The number of likely N-dealkylation sites (N-methyl/N-ethyl adjacent to an activating group) is 1. The third-order valence-corrected chi connectivity index (χ3v) is 3.64. The van der Waals surface area contributed by atoms with E-state index >= 15 is 0 Å². The SMILES string of the molecule is CC(c1ccc(Cl)cc1)N(C)C(C)(C)CN. The van der Waals surface area contributed by atoms with Gasteiger partial charge < -0.3 is 5.73 Å². The van der Waals surface area contributed by atoms with E-state index < -0.39 is 0 Å². The van der Waals surface area contributed by atoms with Gasteiger partial charge >= 0.3 is 0 Å². The summed E-state index contributed by atoms with van der Waals surface area (Å²) in [6, 6.07) is 8.32. The van der Waals surface area contributed by atoms with Crippen molar-refractivity contribution in [3.8, 4) is 0 Å². The second kappa shape index (κ2) is 5.17. The molecular weight excluding hydrogens is 220 g/mol. The average Bonchev–Trinajstić information content (AvgIpc) is 2.28. The van der Waals surface area contributed by atoms with Crippen LogP contribution in [-0.4, -0.2) is 24.0 Å². The van der Waals surface area contributed by atoms with Crippen molar-refractivity contribution >= 4 is 11.6 Å². The first-order chi connectivity index (χ1) is 7.38. The van der Waals surface area contributed by atoms with Gasteiger partial charge in [0.2, 0.25) is 0 Å². The maximum atomic E-state index is 5.88. The zero-order chi connectivity index (χ0) is 12.3. The van der Waals surface area contributed by atoms with Crippen LogP contribution >= 0.6 is 11.6 Å². The smallest absolute Gasteiger partial charge is 0.0406 e. The van der Waals surface area contributed by atoms with Crippen molar-refractivity contribution < 1.29 is 0 Å². The highest BCUT2D eigenvalue weighted by atomic mass is 35.5. The molecule has 2 N–H and O–H groups in total. The van der Waals surface area contributed by atoms with Crippen molar-refractivity contribution in [2.24, 2.45) is 5.73 Å². The Labute approximate surface area is 103 Å². The molecule has 1 aromatic rings. The molecular formula is C13H21ClN2. The molecule has 0 aromatic heterocycles. The van der Waals surface area contributed by atoms with E-state index in [1.165, 1.54) is 5.56 Å². The van der Waals surface area contributed by atoms with Gasteiger partial charge in [-0.1, -0.05) is 23.7 Å². The number of halogens is 1. The number of nitrogens with zero attached hydrogens (tertiary/aromatic N) is 1. The fourth-order valence-corrected chi connectivity index (χ4v) is 1.76. The predicted octanol–water partition coefficient (Wildman–Crippen LogP) is 3.07. The molecule has 0 bridgehead atoms. The summed E-state index contributed by atoms with van der Waals surface area (Å²) in [6.45, 7) is 7.13. The van der Waals surface area contributed by atoms with Crippen molar-refractivity contribution in [1.29, 1.82) is 0 Å². The Balaban J connectivity index is 2.85. The van der Waals surface area contributed by atoms with Crippen LogP contribution in [0.3, 0.4) is 0 Å². The monoisotopic (exact) mass is 240 g/mol. The van der Waals surface area contributed by atoms with Crippen LogP contribution in [0.25, 0.3) is 0 Å². The fourth-order valence-electron chi connectivity index (χ4n) is 1.63. The van der Waals surface area contributed by atoms with Gasteiger partial charge in [-0.3, -0.25) is 4.90 Å². The highest BCUT2D eigenvalue weighted by Crippen LogP contribution is 2.26. The molecule has 0 saturated carbocycles. The molecule has 1 aromatic carbocycles. The van der Waals surface area contributed by atoms with Gasteiger partial charge in [-0.2, -0.15) is 0 Å². The second-order valence-electron chi connectivity index (χ2n) is 4.85. The minimum Gasteiger partial charge on any atom is -0.329 e. The molecule has 0 spiro atoms. The third-order valence-electron chi connectivity index (χ3n) is 3.39. The van der Waals surface area contributed by atoms with Crippen LogP contribution in [0, 0.1) is 0 Å². The summed E-state index contributed by atoms with van der Waals surface area (Å²) in [6.07, 6.45) is 0. The van der Waals surface area contributed by atoms with Crippen LogP contribution in [0.5, 0.6) is 0 Å². The molecule has 16 heavy (non-hydrogen) atoms. The van der Waals surface area contributed by atoms with Gasteiger partial charge in [0.25, 0.3) is 0 Å². The lowest BCUT2D eigenvalue weighted by atomic mass is 9.98. The maximum Gasteiger partial charge on any atom is 0.0406 e. The van der Waals surface area contributed by atoms with Crippen molar-refractivity contribution in [2.75, 3.05) is 13.6 Å². The number of hydrogen-bond donors (Lipinski definition) is 1. The molecule has 1 unspecified atom stereocenters. The van der Waals surface area contributed by atoms with Crippen LogP contribution in [-0.2, 0) is 0 Å². The predicted molar refractivity (Wildman–Crippen MR) is 70.8 cm³/mol. The van der Waals surface area contributed by atoms with E-state index in [1.54, 1.807) is 0 Å². The minimum atomic E-state index is -0.000940. The standard InChI is InChI=1S/C13H21ClN2/c1-10(16(4)13(2,3)9-15)11-5-7-12(14)8-6-11/h5-8,10H,9,15H2,1-4H3. The van der Waals surface area contributed by atoms with E-state index in [4.69, 9.17) is 17.3 Å². The van der Waals surface area contributed by atoms with Crippen LogP contribution < -0.4 is 5.73 Å². The first-order valence-corrected chi connectivity index (χ1v) is 5.95. The molecule has 0 fully saturated rings. The molecule has 0 aliphatic heterocycles. The Morgan fingerprint density at radius 3 is 2.25 bits per heavy atom. The number of nitrogens with two attached hydrogens (primary N) is 1. The zero-order valence-corrected chi connectivity index (χ0v) is 11.3. The van der Waals surface area contributed by atoms with Gasteiger partial charge in [0.05, 0.1) is 0 Å². The van der Waals surface area contributed by atoms with Crippen LogP contribution in [0.1, 0.15) is 32.4 Å². The first-order valence-electron chi connectivity index (χ1n) is 5.57. The summed E-state index contributed by atoms with van der Waals surface area (Å²) in [5, 5.41) is 0.775. The summed E-state index contributed by atoms with van der Waals surface area (Å²) < 4.78 is 0. The van der Waals surface area contributed by atoms with Crippen molar-refractivity contribution in [1.82, 2.24) is 4.90 Å². The molecule has 1 rings (SSSR count). The Bertz CT molecular complexity index is 332. The van der Waals surface area contributed by atoms with Crippen LogP contribution in [0.15, 0.2) is 24.3 Å². The quantitative estimate of drug-likeness (QED) is 0.877. The second-order valence-corrected chi connectivity index (χ2v) is 5.29. The van der Waals surface area contributed by atoms with Crippen molar-refractivity contribution in [3.63, 3.8) is 0 Å². The van der Waals surface area contributed by atoms with Crippen LogP contribution in [0.2, 0.25) is 5.02 Å². The van der Waals surface area contributed by atoms with Gasteiger partial charge in [0.15, 0.2) is 0 Å². The number of benzene rings is 1. The molecule has 0 aliphatic carbocycles. The summed E-state index contributed by atoms with van der Waals surface area (Å²) in [7, 11) is 2.10. The average molecular weight is 241 g/mol. The first kappa shape index (κ1) is 13.5. The van der Waals surface area contributed by atoms with E-state index in [0.717, 1.165) is 5.02 Å². The normalized spacial score (nSPS) is 14.2. The topological polar surface area (TPSA) is 29.3 Å². The minimum absolute atomic E-state index is 0.000940. The number of rotatable bonds is 4. The molecule has 0 saturated heterocycles. The zero-order valence-electron chi connectivity index (χ0n) is 10.5. The summed E-state index contributed by atoms with van der Waals surface area (Å²) >= 11 is 5.88. The molecule has 0 radical (unpaired) electrons. The highest BCUT2D eigenvalue weighted by molar-refractivity contribution is 6.30. The molecule has 0 amide bonds. The van der Waals surface area contributed by atoms with Crippen molar-refractivity contribution in [3.05, 3.63) is 34.9 Å². The molecule has 2 nitrogen and oxygen atoms in total. The van der Waals surface area contributed by atoms with E-state index in [-0.39, 0.29) is 5.54 Å². The molecule has 0 heterocycles. The molecule has 1 atom stereocenters. The highest BCUT2D eigenvalue weighted by Gasteiger charge is 2.26. The Hall–Kier alpha value is -0.570. The van der Waals surface area contributed by atoms with E-state index in [9.17, 15) is 0 Å². The van der Waals surface area contributed by atoms with Crippen molar-refractivity contribution in [2.45, 2.75) is 32.4 Å². The molecule has 3 heteroatoms. The van der Waals surface area contributed by atoms with E-state index in [1.807, 2.05) is 12.1 Å². The summed E-state index contributed by atoms with van der Waals surface area (Å²) in [4.78, 5) is 2.29. The van der Waals surface area contributed by atoms with E-state index in [2.05, 4.69) is 44.9 Å². The lowest BCUT2D eigenvalue weighted by Gasteiger charge is -2.39. The summed E-state index contributed by atoms with van der Waals surface area (Å²) in [5.74, 6) is 0. The Morgan fingerprint density at radius 2 is 1.81 bits per heavy atom. The lowest BCUT2D eigenvalue weighted by Crippen LogP contribution is -2.48. The van der Waals surface area contributed by atoms with Gasteiger partial charge in [-0.15, -0.1) is 0 Å². The van der Waals surface area contributed by atoms with E-state index in [0.29, 0.717) is 12.6 Å². The van der Waals surface area contributed by atoms with Gasteiger partial charge in [0.1, 0.15) is 0 Å². The van der Waals surface area contributed by atoms with Gasteiger partial charge in [-0.05, 0) is 45.5 Å². The molecule has 90 valence electrons. The Kier molecular flexibility index (Phi) is 4.36. The lowest BCUT2D eigenvalue weighted by molar-refractivity contribution is 0.117. The number of hydrogen-bond acceptors (Lipinski definition) is 2. The maximum absolute atomic E-state index is 5.88. The summed E-state index contributed by atoms with van der Waals surface area (Å²) in [5.41, 5.74) is 7.04. The third kappa shape index (κ3) is 2.97. The molecule has 0 aliphatic rings.